The molecule has 2 rings (SSSR count). The molecule has 1 aromatic rings. The molecule has 1 aliphatic heterocycles. The molecule has 0 aromatic heterocycles. The third-order valence-electron chi connectivity index (χ3n) is 3.72. The number of benzene rings is 1. The fourth-order valence-corrected chi connectivity index (χ4v) is 2.68. The van der Waals surface area contributed by atoms with Gasteiger partial charge in [0.25, 0.3) is 0 Å². The predicted molar refractivity (Wildman–Crippen MR) is 71.4 cm³/mol. The molecule has 1 atom stereocenters. The van der Waals surface area contributed by atoms with Gasteiger partial charge in [-0.2, -0.15) is 0 Å². The van der Waals surface area contributed by atoms with Crippen LogP contribution >= 0.6 is 0 Å². The summed E-state index contributed by atoms with van der Waals surface area (Å²) >= 11 is 0. The Balaban J connectivity index is 2.31. The lowest BCUT2D eigenvalue weighted by atomic mass is 9.76. The Morgan fingerprint density at radius 2 is 1.94 bits per heavy atom. The van der Waals surface area contributed by atoms with E-state index in [9.17, 15) is 10.2 Å². The van der Waals surface area contributed by atoms with Crippen molar-refractivity contribution in [2.45, 2.75) is 58.0 Å². The van der Waals surface area contributed by atoms with E-state index in [-0.39, 0.29) is 23.0 Å². The van der Waals surface area contributed by atoms with Gasteiger partial charge in [0.15, 0.2) is 11.5 Å². The number of hydrogen-bond donors (Lipinski definition) is 2. The second kappa shape index (κ2) is 4.71. The number of unbranched alkanes of at least 4 members (excludes halogenated alkanes) is 1. The zero-order chi connectivity index (χ0) is 13.3. The van der Waals surface area contributed by atoms with Crippen LogP contribution in [0.15, 0.2) is 12.1 Å². The highest BCUT2D eigenvalue weighted by atomic mass is 16.5. The minimum absolute atomic E-state index is 0.0306. The van der Waals surface area contributed by atoms with Crippen LogP contribution in [0.2, 0.25) is 0 Å². The molecular weight excluding hydrogens is 228 g/mol. The Labute approximate surface area is 108 Å². The topological polar surface area (TPSA) is 49.7 Å². The van der Waals surface area contributed by atoms with Gasteiger partial charge in [0.2, 0.25) is 0 Å². The molecule has 0 bridgehead atoms. The van der Waals surface area contributed by atoms with Crippen LogP contribution < -0.4 is 4.74 Å². The molecule has 3 heteroatoms. The lowest BCUT2D eigenvalue weighted by Gasteiger charge is -2.37. The van der Waals surface area contributed by atoms with Crippen molar-refractivity contribution in [1.82, 2.24) is 0 Å². The van der Waals surface area contributed by atoms with Crippen molar-refractivity contribution in [2.24, 2.45) is 0 Å². The summed E-state index contributed by atoms with van der Waals surface area (Å²) in [6, 6.07) is 3.16. The fourth-order valence-electron chi connectivity index (χ4n) is 2.68. The maximum Gasteiger partial charge on any atom is 0.161 e. The highest BCUT2D eigenvalue weighted by molar-refractivity contribution is 5.52. The van der Waals surface area contributed by atoms with Gasteiger partial charge in [-0.25, -0.2) is 0 Å². The summed E-state index contributed by atoms with van der Waals surface area (Å²) in [4.78, 5) is 0. The van der Waals surface area contributed by atoms with Gasteiger partial charge in [0.1, 0.15) is 5.75 Å². The first-order valence-electron chi connectivity index (χ1n) is 6.67. The van der Waals surface area contributed by atoms with E-state index >= 15 is 0 Å². The van der Waals surface area contributed by atoms with Gasteiger partial charge in [-0.3, -0.25) is 0 Å². The maximum absolute atomic E-state index is 9.61. The third kappa shape index (κ3) is 2.40. The molecule has 1 unspecified atom stereocenters. The molecule has 0 saturated carbocycles. The van der Waals surface area contributed by atoms with Gasteiger partial charge in [0, 0.05) is 11.6 Å². The van der Waals surface area contributed by atoms with Gasteiger partial charge >= 0.3 is 0 Å². The molecule has 0 amide bonds. The minimum atomic E-state index is -0.110. The number of phenolic OH excluding ortho intramolecular Hbond substituents is 2. The number of fused-ring (bicyclic) bond motifs is 1. The monoisotopic (exact) mass is 250 g/mol. The molecule has 3 nitrogen and oxygen atoms in total. The van der Waals surface area contributed by atoms with Crippen molar-refractivity contribution < 1.29 is 14.9 Å². The van der Waals surface area contributed by atoms with Gasteiger partial charge in [-0.15, -0.1) is 0 Å². The molecule has 2 N–H and O–H groups in total. The molecule has 100 valence electrons. The van der Waals surface area contributed by atoms with Gasteiger partial charge in [-0.1, -0.05) is 33.6 Å². The van der Waals surface area contributed by atoms with Crippen LogP contribution in [0.4, 0.5) is 0 Å². The highest BCUT2D eigenvalue weighted by Gasteiger charge is 2.34. The molecule has 1 aliphatic rings. The summed E-state index contributed by atoms with van der Waals surface area (Å²) in [5.41, 5.74) is 0.947. The molecule has 0 radical (unpaired) electrons. The molecule has 0 fully saturated rings. The molecule has 18 heavy (non-hydrogen) atoms. The van der Waals surface area contributed by atoms with Gasteiger partial charge in [0.05, 0.1) is 6.10 Å². The summed E-state index contributed by atoms with van der Waals surface area (Å²) in [5, 5.41) is 19.2. The second-order valence-electron chi connectivity index (χ2n) is 5.81. The Hall–Kier alpha value is -1.38. The van der Waals surface area contributed by atoms with Crippen molar-refractivity contribution in [3.63, 3.8) is 0 Å². The van der Waals surface area contributed by atoms with E-state index in [1.165, 1.54) is 6.07 Å². The van der Waals surface area contributed by atoms with E-state index in [0.29, 0.717) is 5.75 Å². The average molecular weight is 250 g/mol. The van der Waals surface area contributed by atoms with E-state index in [4.69, 9.17) is 4.74 Å². The van der Waals surface area contributed by atoms with Crippen LogP contribution in [0.5, 0.6) is 17.2 Å². The largest absolute Gasteiger partial charge is 0.504 e. The quantitative estimate of drug-likeness (QED) is 0.804. The molecule has 0 spiro atoms. The molecular formula is C15H22O3. The van der Waals surface area contributed by atoms with Gasteiger partial charge in [-0.05, 0) is 24.3 Å². The minimum Gasteiger partial charge on any atom is -0.504 e. The van der Waals surface area contributed by atoms with Crippen LogP contribution in [0.3, 0.4) is 0 Å². The molecule has 1 heterocycles. The Morgan fingerprint density at radius 1 is 1.28 bits per heavy atom. The number of hydrogen-bond acceptors (Lipinski definition) is 3. The average Bonchev–Trinajstić information content (AvgIpc) is 2.28. The summed E-state index contributed by atoms with van der Waals surface area (Å²) < 4.78 is 5.93. The zero-order valence-corrected chi connectivity index (χ0v) is 11.4. The van der Waals surface area contributed by atoms with E-state index in [0.717, 1.165) is 31.2 Å². The predicted octanol–water partition coefficient (Wildman–Crippen LogP) is 3.72. The SMILES string of the molecule is CCCCC1CC(C)(C)c2cc(O)c(O)cc2O1. The lowest BCUT2D eigenvalue weighted by Crippen LogP contribution is -2.34. The van der Waals surface area contributed by atoms with Crippen LogP contribution in [-0.2, 0) is 5.41 Å². The van der Waals surface area contributed by atoms with E-state index in [1.54, 1.807) is 6.07 Å². The number of ether oxygens (including phenoxy) is 1. The maximum atomic E-state index is 9.61. The van der Waals surface area contributed by atoms with E-state index < -0.39 is 0 Å². The van der Waals surface area contributed by atoms with Crippen molar-refractivity contribution >= 4 is 0 Å². The molecule has 0 aliphatic carbocycles. The Morgan fingerprint density at radius 3 is 2.61 bits per heavy atom. The van der Waals surface area contributed by atoms with E-state index in [2.05, 4.69) is 20.8 Å². The Bertz CT molecular complexity index is 438. The number of rotatable bonds is 3. The first kappa shape index (κ1) is 13.1. The molecule has 1 aromatic carbocycles. The second-order valence-corrected chi connectivity index (χ2v) is 5.81. The number of aromatic hydroxyl groups is 2. The summed E-state index contributed by atoms with van der Waals surface area (Å²) in [6.07, 6.45) is 4.51. The van der Waals surface area contributed by atoms with Crippen LogP contribution in [0.1, 0.15) is 52.0 Å². The third-order valence-corrected chi connectivity index (χ3v) is 3.72. The Kier molecular flexibility index (Phi) is 3.42. The van der Waals surface area contributed by atoms with E-state index in [1.807, 2.05) is 0 Å². The smallest absolute Gasteiger partial charge is 0.161 e. The first-order valence-corrected chi connectivity index (χ1v) is 6.67. The van der Waals surface area contributed by atoms with Crippen LogP contribution in [-0.4, -0.2) is 16.3 Å². The van der Waals surface area contributed by atoms with Crippen molar-refractivity contribution in [3.8, 4) is 17.2 Å². The van der Waals surface area contributed by atoms with Crippen molar-refractivity contribution in [1.29, 1.82) is 0 Å². The highest BCUT2D eigenvalue weighted by Crippen LogP contribution is 2.45. The summed E-state index contributed by atoms with van der Waals surface area (Å²) in [6.45, 7) is 6.49. The summed E-state index contributed by atoms with van der Waals surface area (Å²) in [7, 11) is 0. The summed E-state index contributed by atoms with van der Waals surface area (Å²) in [5.74, 6) is 0.528. The standard InChI is InChI=1S/C15H22O3/c1-4-5-6-10-9-15(2,3)11-7-12(16)13(17)8-14(11)18-10/h7-8,10,16-17H,4-6,9H2,1-3H3. The van der Waals surface area contributed by atoms with Gasteiger partial charge < -0.3 is 14.9 Å². The number of phenols is 2. The van der Waals surface area contributed by atoms with Crippen LogP contribution in [0.25, 0.3) is 0 Å². The van der Waals surface area contributed by atoms with Crippen molar-refractivity contribution in [2.75, 3.05) is 0 Å². The van der Waals surface area contributed by atoms with Crippen LogP contribution in [0, 0.1) is 0 Å². The fraction of sp³-hybridized carbons (Fsp3) is 0.600. The normalized spacial score (nSPS) is 21.2. The lowest BCUT2D eigenvalue weighted by molar-refractivity contribution is 0.123. The zero-order valence-electron chi connectivity index (χ0n) is 11.4. The van der Waals surface area contributed by atoms with Crippen molar-refractivity contribution in [3.05, 3.63) is 17.7 Å². The molecule has 0 saturated heterocycles. The first-order chi connectivity index (χ1) is 8.44.